The molecule has 4 heteroatoms. The Morgan fingerprint density at radius 1 is 1.26 bits per heavy atom. The van der Waals surface area contributed by atoms with Crippen LogP contribution in [0.5, 0.6) is 0 Å². The summed E-state index contributed by atoms with van der Waals surface area (Å²) in [6, 6.07) is 1.17. The zero-order chi connectivity index (χ0) is 14.6. The van der Waals surface area contributed by atoms with Crippen molar-refractivity contribution in [2.75, 3.05) is 13.6 Å². The Morgan fingerprint density at radius 2 is 1.89 bits per heavy atom. The van der Waals surface area contributed by atoms with Crippen LogP contribution in [0.4, 0.5) is 0 Å². The van der Waals surface area contributed by atoms with Crippen LogP contribution in [0, 0.1) is 5.92 Å². The quantitative estimate of drug-likeness (QED) is 0.825. The standard InChI is InChI=1S/C15H30N4/c1-11(2)7-13(5)18(6)15(8-16)14-9-17-19(10-14)12(3)4/h9-13,15H,7-8,16H2,1-6H3. The number of hydrogen-bond donors (Lipinski definition) is 1. The van der Waals surface area contributed by atoms with Gasteiger partial charge in [0.05, 0.1) is 12.2 Å². The van der Waals surface area contributed by atoms with E-state index in [2.05, 4.69) is 57.9 Å². The van der Waals surface area contributed by atoms with E-state index in [0.717, 1.165) is 0 Å². The maximum absolute atomic E-state index is 5.98. The van der Waals surface area contributed by atoms with Crippen LogP contribution in [0.1, 0.15) is 58.7 Å². The average Bonchev–Trinajstić information content (AvgIpc) is 2.78. The molecule has 2 N–H and O–H groups in total. The van der Waals surface area contributed by atoms with Crippen molar-refractivity contribution in [2.24, 2.45) is 11.7 Å². The van der Waals surface area contributed by atoms with E-state index >= 15 is 0 Å². The predicted molar refractivity (Wildman–Crippen MR) is 81.1 cm³/mol. The van der Waals surface area contributed by atoms with Gasteiger partial charge < -0.3 is 5.73 Å². The van der Waals surface area contributed by atoms with E-state index in [-0.39, 0.29) is 6.04 Å². The second-order valence-electron chi connectivity index (χ2n) is 6.24. The van der Waals surface area contributed by atoms with Gasteiger partial charge in [-0.25, -0.2) is 0 Å². The van der Waals surface area contributed by atoms with Gasteiger partial charge in [0.2, 0.25) is 0 Å². The fourth-order valence-electron chi connectivity index (χ4n) is 2.50. The van der Waals surface area contributed by atoms with Crippen LogP contribution >= 0.6 is 0 Å². The molecule has 1 aromatic rings. The van der Waals surface area contributed by atoms with Crippen molar-refractivity contribution in [3.05, 3.63) is 18.0 Å². The van der Waals surface area contributed by atoms with E-state index in [1.54, 1.807) is 0 Å². The van der Waals surface area contributed by atoms with Crippen molar-refractivity contribution in [1.29, 1.82) is 0 Å². The first-order valence-electron chi connectivity index (χ1n) is 7.32. The highest BCUT2D eigenvalue weighted by Crippen LogP contribution is 2.23. The van der Waals surface area contributed by atoms with Crippen molar-refractivity contribution < 1.29 is 0 Å². The summed E-state index contributed by atoms with van der Waals surface area (Å²) in [5, 5.41) is 4.42. The summed E-state index contributed by atoms with van der Waals surface area (Å²) in [6.07, 6.45) is 5.27. The Kier molecular flexibility index (Phi) is 6.01. The zero-order valence-corrected chi connectivity index (χ0v) is 13.3. The van der Waals surface area contributed by atoms with Crippen molar-refractivity contribution in [3.8, 4) is 0 Å². The average molecular weight is 266 g/mol. The Labute approximate surface area is 118 Å². The van der Waals surface area contributed by atoms with E-state index in [0.29, 0.717) is 24.5 Å². The number of likely N-dealkylation sites (N-methyl/N-ethyl adjacent to an activating group) is 1. The fourth-order valence-corrected chi connectivity index (χ4v) is 2.50. The number of nitrogens with two attached hydrogens (primary N) is 1. The zero-order valence-electron chi connectivity index (χ0n) is 13.3. The number of nitrogens with zero attached hydrogens (tertiary/aromatic N) is 3. The molecule has 1 rings (SSSR count). The topological polar surface area (TPSA) is 47.1 Å². The molecular formula is C15H30N4. The molecule has 1 aromatic heterocycles. The molecule has 0 aromatic carbocycles. The third kappa shape index (κ3) is 4.32. The molecule has 0 bridgehead atoms. The highest BCUT2D eigenvalue weighted by atomic mass is 15.3. The summed E-state index contributed by atoms with van der Waals surface area (Å²) in [5.74, 6) is 0.703. The monoisotopic (exact) mass is 266 g/mol. The Morgan fingerprint density at radius 3 is 2.32 bits per heavy atom. The molecule has 0 aliphatic heterocycles. The molecule has 110 valence electrons. The van der Waals surface area contributed by atoms with Crippen molar-refractivity contribution in [1.82, 2.24) is 14.7 Å². The van der Waals surface area contributed by atoms with Crippen LogP contribution in [-0.2, 0) is 0 Å². The maximum atomic E-state index is 5.98. The highest BCUT2D eigenvalue weighted by Gasteiger charge is 2.22. The molecule has 4 nitrogen and oxygen atoms in total. The minimum atomic E-state index is 0.251. The van der Waals surface area contributed by atoms with E-state index in [9.17, 15) is 0 Å². The van der Waals surface area contributed by atoms with Gasteiger partial charge in [-0.3, -0.25) is 9.58 Å². The molecule has 0 fully saturated rings. The van der Waals surface area contributed by atoms with Gasteiger partial charge in [0.15, 0.2) is 0 Å². The van der Waals surface area contributed by atoms with E-state index in [4.69, 9.17) is 5.73 Å². The summed E-state index contributed by atoms with van der Waals surface area (Å²) in [4.78, 5) is 2.38. The molecule has 0 aliphatic rings. The number of aromatic nitrogens is 2. The van der Waals surface area contributed by atoms with E-state index in [1.807, 2.05) is 10.9 Å². The van der Waals surface area contributed by atoms with Gasteiger partial charge in [0, 0.05) is 30.4 Å². The lowest BCUT2D eigenvalue weighted by atomic mass is 10.0. The van der Waals surface area contributed by atoms with Gasteiger partial charge in [-0.2, -0.15) is 5.10 Å². The second-order valence-corrected chi connectivity index (χ2v) is 6.24. The van der Waals surface area contributed by atoms with E-state index < -0.39 is 0 Å². The van der Waals surface area contributed by atoms with Gasteiger partial charge in [0.1, 0.15) is 0 Å². The molecule has 0 saturated heterocycles. The SMILES string of the molecule is CC(C)CC(C)N(C)C(CN)c1cnn(C(C)C)c1. The van der Waals surface area contributed by atoms with Crippen LogP contribution in [-0.4, -0.2) is 34.3 Å². The van der Waals surface area contributed by atoms with Crippen LogP contribution < -0.4 is 5.73 Å². The lowest BCUT2D eigenvalue weighted by Crippen LogP contribution is -2.37. The summed E-state index contributed by atoms with van der Waals surface area (Å²) in [6.45, 7) is 11.7. The summed E-state index contributed by atoms with van der Waals surface area (Å²) in [5.41, 5.74) is 7.20. The molecule has 2 unspecified atom stereocenters. The van der Waals surface area contributed by atoms with E-state index in [1.165, 1.54) is 12.0 Å². The van der Waals surface area contributed by atoms with Gasteiger partial charge in [-0.1, -0.05) is 13.8 Å². The molecule has 1 heterocycles. The van der Waals surface area contributed by atoms with Gasteiger partial charge in [0.25, 0.3) is 0 Å². The fraction of sp³-hybridized carbons (Fsp3) is 0.800. The predicted octanol–water partition coefficient (Wildman–Crippen LogP) is 2.83. The molecule has 0 aliphatic carbocycles. The smallest absolute Gasteiger partial charge is 0.0538 e. The minimum Gasteiger partial charge on any atom is -0.329 e. The Balaban J connectivity index is 2.80. The van der Waals surface area contributed by atoms with Gasteiger partial charge in [-0.15, -0.1) is 0 Å². The van der Waals surface area contributed by atoms with Crippen LogP contribution in [0.3, 0.4) is 0 Å². The van der Waals surface area contributed by atoms with Gasteiger partial charge >= 0.3 is 0 Å². The van der Waals surface area contributed by atoms with Crippen LogP contribution in [0.2, 0.25) is 0 Å². The largest absolute Gasteiger partial charge is 0.329 e. The molecule has 2 atom stereocenters. The molecule has 0 radical (unpaired) electrons. The molecule has 19 heavy (non-hydrogen) atoms. The summed E-state index contributed by atoms with van der Waals surface area (Å²) >= 11 is 0. The number of rotatable bonds is 7. The van der Waals surface area contributed by atoms with Crippen LogP contribution in [0.15, 0.2) is 12.4 Å². The summed E-state index contributed by atoms with van der Waals surface area (Å²) in [7, 11) is 2.16. The third-order valence-electron chi connectivity index (χ3n) is 3.76. The Hall–Kier alpha value is -0.870. The molecule has 0 amide bonds. The van der Waals surface area contributed by atoms with Gasteiger partial charge in [-0.05, 0) is 40.2 Å². The second kappa shape index (κ2) is 7.06. The Bertz CT molecular complexity index is 370. The summed E-state index contributed by atoms with van der Waals surface area (Å²) < 4.78 is 2.00. The lowest BCUT2D eigenvalue weighted by molar-refractivity contribution is 0.168. The first-order valence-corrected chi connectivity index (χ1v) is 7.32. The number of hydrogen-bond acceptors (Lipinski definition) is 3. The molecular weight excluding hydrogens is 236 g/mol. The minimum absolute atomic E-state index is 0.251. The van der Waals surface area contributed by atoms with Crippen molar-refractivity contribution in [2.45, 2.75) is 59.2 Å². The molecule has 0 saturated carbocycles. The van der Waals surface area contributed by atoms with Crippen LogP contribution in [0.25, 0.3) is 0 Å². The first kappa shape index (κ1) is 16.2. The lowest BCUT2D eigenvalue weighted by Gasteiger charge is -2.33. The van der Waals surface area contributed by atoms with Crippen molar-refractivity contribution in [3.63, 3.8) is 0 Å². The maximum Gasteiger partial charge on any atom is 0.0538 e. The molecule has 0 spiro atoms. The first-order chi connectivity index (χ1) is 8.86. The normalized spacial score (nSPS) is 15.5. The highest BCUT2D eigenvalue weighted by molar-refractivity contribution is 5.12. The third-order valence-corrected chi connectivity index (χ3v) is 3.76. The van der Waals surface area contributed by atoms with Crippen molar-refractivity contribution >= 4 is 0 Å².